The Hall–Kier alpha value is -1.05. The van der Waals surface area contributed by atoms with Gasteiger partial charge in [-0.05, 0) is 11.0 Å². The second-order valence-electron chi connectivity index (χ2n) is 0.224. The summed E-state index contributed by atoms with van der Waals surface area (Å²) in [6.07, 6.45) is 0. The molecule has 0 aromatic carbocycles. The van der Waals surface area contributed by atoms with Gasteiger partial charge in [0.2, 0.25) is 0 Å². The SMILES string of the molecule is O=N[O-].O=N[O-].O=N[O-].[Al+3].[SiH4]. The van der Waals surface area contributed by atoms with E-state index in [1.807, 2.05) is 0 Å². The maximum absolute atomic E-state index is 8.00. The van der Waals surface area contributed by atoms with Crippen LogP contribution in [0, 0.1) is 30.3 Å². The van der Waals surface area contributed by atoms with Gasteiger partial charge in [0, 0.05) is 0 Å². The first kappa shape index (κ1) is 32.5. The van der Waals surface area contributed by atoms with Crippen LogP contribution in [0.4, 0.5) is 0 Å². The third-order valence-corrected chi connectivity index (χ3v) is 0. The number of hydrogen-bond acceptors (Lipinski definition) is 9. The van der Waals surface area contributed by atoms with Gasteiger partial charge in [-0.1, -0.05) is 0 Å². The van der Waals surface area contributed by atoms with Crippen molar-refractivity contribution in [3.8, 4) is 0 Å². The molecule has 0 saturated carbocycles. The fraction of sp³-hybridized carbons (Fsp3) is 0. The summed E-state index contributed by atoms with van der Waals surface area (Å²) in [5.41, 5.74) is 0. The average Bonchev–Trinajstić information content (AvgIpc) is 1.70. The molecule has 0 N–H and O–H groups in total. The van der Waals surface area contributed by atoms with E-state index in [1.54, 1.807) is 0 Å². The fourth-order valence-electron chi connectivity index (χ4n) is 0. The van der Waals surface area contributed by atoms with Gasteiger partial charge in [0.1, 0.15) is 0 Å². The van der Waals surface area contributed by atoms with Gasteiger partial charge in [0.15, 0.2) is 0 Å². The maximum atomic E-state index is 8.00. The van der Waals surface area contributed by atoms with Crippen molar-refractivity contribution in [3.05, 3.63) is 30.3 Å². The molecule has 0 heterocycles. The van der Waals surface area contributed by atoms with Gasteiger partial charge >= 0.3 is 17.4 Å². The van der Waals surface area contributed by atoms with Gasteiger partial charge in [0.05, 0.1) is 0 Å². The Morgan fingerprint density at radius 1 is 0.727 bits per heavy atom. The summed E-state index contributed by atoms with van der Waals surface area (Å²) in [7, 11) is 0. The fourth-order valence-corrected chi connectivity index (χ4v) is 0. The minimum absolute atomic E-state index is 0. The van der Waals surface area contributed by atoms with E-state index in [0.29, 0.717) is 0 Å². The van der Waals surface area contributed by atoms with Crippen molar-refractivity contribution in [2.45, 2.75) is 0 Å². The first-order valence-electron chi connectivity index (χ1n) is 1.10. The summed E-state index contributed by atoms with van der Waals surface area (Å²) in [5.74, 6) is 0. The Balaban J connectivity index is -0.0000000150. The first-order valence-corrected chi connectivity index (χ1v) is 1.10. The molecule has 0 amide bonds. The summed E-state index contributed by atoms with van der Waals surface area (Å²) in [5, 5.41) is 27.0. The van der Waals surface area contributed by atoms with Gasteiger partial charge in [-0.25, -0.2) is 0 Å². The molecule has 0 bridgehead atoms. The van der Waals surface area contributed by atoms with Crippen LogP contribution < -0.4 is 0 Å². The Bertz CT molecular complexity index is 54.6. The third-order valence-electron chi connectivity index (χ3n) is 0. The van der Waals surface area contributed by atoms with Crippen molar-refractivity contribution >= 4 is 28.3 Å². The van der Waals surface area contributed by atoms with E-state index in [-0.39, 0.29) is 28.3 Å². The molecule has 0 rings (SSSR count). The Morgan fingerprint density at radius 3 is 0.727 bits per heavy atom. The molecule has 0 unspecified atom stereocenters. The molecule has 0 atom stereocenters. The summed E-state index contributed by atoms with van der Waals surface area (Å²) < 4.78 is 0. The van der Waals surface area contributed by atoms with Gasteiger partial charge in [-0.2, -0.15) is 0 Å². The minimum atomic E-state index is 0. The first-order chi connectivity index (χ1) is 4.24. The molecule has 0 spiro atoms. The summed E-state index contributed by atoms with van der Waals surface area (Å²) in [6.45, 7) is 0. The van der Waals surface area contributed by atoms with Crippen LogP contribution >= 0.6 is 0 Å². The molecule has 0 aromatic heterocycles. The number of nitrogens with zero attached hydrogens (tertiary/aromatic N) is 3. The van der Waals surface area contributed by atoms with Crippen molar-refractivity contribution < 1.29 is 0 Å². The van der Waals surface area contributed by atoms with Crippen molar-refractivity contribution in [1.29, 1.82) is 0 Å². The molecule has 11 heavy (non-hydrogen) atoms. The second kappa shape index (κ2) is 149. The maximum Gasteiger partial charge on any atom is 3.00 e. The van der Waals surface area contributed by atoms with E-state index >= 15 is 0 Å². The molecule has 11 heteroatoms. The molecule has 0 aliphatic rings. The van der Waals surface area contributed by atoms with E-state index < -0.39 is 0 Å². The quantitative estimate of drug-likeness (QED) is 0.273. The van der Waals surface area contributed by atoms with Crippen molar-refractivity contribution in [1.82, 2.24) is 0 Å². The monoisotopic (exact) mass is 197 g/mol. The zero-order chi connectivity index (χ0) is 8.12. The van der Waals surface area contributed by atoms with Crippen LogP contribution in [0.25, 0.3) is 0 Å². The molecule has 62 valence electrons. The predicted octanol–water partition coefficient (Wildman–Crippen LogP) is -1.08. The van der Waals surface area contributed by atoms with Crippen LogP contribution in [0.15, 0.2) is 16.0 Å². The second-order valence-corrected chi connectivity index (χ2v) is 0.224. The topological polar surface area (TPSA) is 157 Å². The average molecular weight is 197 g/mol. The van der Waals surface area contributed by atoms with Gasteiger partial charge in [-0.15, -0.1) is 16.0 Å². The smallest absolute Gasteiger partial charge is 0.444 e. The predicted molar refractivity (Wildman–Crippen MR) is 44.6 cm³/mol. The van der Waals surface area contributed by atoms with Crippen LogP contribution in [0.5, 0.6) is 0 Å². The number of rotatable bonds is 0. The van der Waals surface area contributed by atoms with E-state index in [4.69, 9.17) is 30.3 Å². The minimum Gasteiger partial charge on any atom is -0.444 e. The Morgan fingerprint density at radius 2 is 0.727 bits per heavy atom. The van der Waals surface area contributed by atoms with Gasteiger partial charge in [0.25, 0.3) is 0 Å². The molecule has 0 aromatic rings. The number of hydrogen-bond donors (Lipinski definition) is 0. The third kappa shape index (κ3) is 392. The largest absolute Gasteiger partial charge is 3.00 e. The van der Waals surface area contributed by atoms with Crippen LogP contribution in [0.2, 0.25) is 0 Å². The summed E-state index contributed by atoms with van der Waals surface area (Å²) in [6, 6.07) is 0. The van der Waals surface area contributed by atoms with E-state index in [2.05, 4.69) is 0 Å². The van der Waals surface area contributed by atoms with Crippen LogP contribution in [-0.4, -0.2) is 28.3 Å². The molecule has 0 saturated heterocycles. The Kier molecular flexibility index (Phi) is 440. The molecule has 0 fully saturated rings. The van der Waals surface area contributed by atoms with E-state index in [1.165, 1.54) is 0 Å². The van der Waals surface area contributed by atoms with E-state index in [0.717, 1.165) is 16.0 Å². The van der Waals surface area contributed by atoms with Gasteiger partial charge in [-0.3, -0.25) is 0 Å². The van der Waals surface area contributed by atoms with Crippen molar-refractivity contribution in [3.63, 3.8) is 0 Å². The molecule has 0 radical (unpaired) electrons. The van der Waals surface area contributed by atoms with E-state index in [9.17, 15) is 0 Å². The van der Waals surface area contributed by atoms with Gasteiger partial charge < -0.3 is 30.3 Å². The zero-order valence-corrected chi connectivity index (χ0v) is 5.52. The molecule has 9 nitrogen and oxygen atoms in total. The summed E-state index contributed by atoms with van der Waals surface area (Å²) >= 11 is 0. The Labute approximate surface area is 75.4 Å². The van der Waals surface area contributed by atoms with Crippen molar-refractivity contribution in [2.24, 2.45) is 16.0 Å². The molecule has 0 aliphatic heterocycles. The summed E-state index contributed by atoms with van der Waals surface area (Å²) in [4.78, 5) is 24.0. The molecular weight excluding hydrogens is 193 g/mol. The van der Waals surface area contributed by atoms with Crippen LogP contribution in [-0.2, 0) is 0 Å². The van der Waals surface area contributed by atoms with Crippen LogP contribution in [0.1, 0.15) is 0 Å². The van der Waals surface area contributed by atoms with Crippen molar-refractivity contribution in [2.75, 3.05) is 0 Å². The normalized spacial score (nSPS) is 3.27. The van der Waals surface area contributed by atoms with Crippen LogP contribution in [0.3, 0.4) is 0 Å². The standard InChI is InChI=1S/Al.3HNO2.H4Si/c;3*2-1-3;/h;3*(H,2,3);1H4/q+3;;;;/p-3. The molecular formula is H4AlN3O6Si. The molecule has 0 aliphatic carbocycles. The zero-order valence-electron chi connectivity index (χ0n) is 4.37.